The molecule has 2 nitrogen and oxygen atoms in total. The Bertz CT molecular complexity index is 370. The summed E-state index contributed by atoms with van der Waals surface area (Å²) in [6, 6.07) is 3.48. The standard InChI is InChI=1S/C13H19ClFNO/c1-8(2)3-6-12(17)13(16)10-5-4-9(15)7-11(10)14/h4-5,7-8,12-13,17H,3,6,16H2,1-2H3/t12-,13+/m1/s1. The van der Waals surface area contributed by atoms with Crippen LogP contribution in [-0.4, -0.2) is 11.2 Å². The highest BCUT2D eigenvalue weighted by atomic mass is 35.5. The van der Waals surface area contributed by atoms with Crippen LogP contribution < -0.4 is 5.73 Å². The summed E-state index contributed by atoms with van der Waals surface area (Å²) in [6.07, 6.45) is 0.862. The van der Waals surface area contributed by atoms with E-state index in [1.54, 1.807) is 0 Å². The fourth-order valence-corrected chi connectivity index (χ4v) is 1.96. The number of nitrogens with two attached hydrogens (primary N) is 1. The molecule has 2 atom stereocenters. The summed E-state index contributed by atoms with van der Waals surface area (Å²) in [5.41, 5.74) is 6.51. The predicted octanol–water partition coefficient (Wildman–Crippen LogP) is 3.28. The van der Waals surface area contributed by atoms with Crippen molar-refractivity contribution in [2.24, 2.45) is 11.7 Å². The SMILES string of the molecule is CC(C)CC[C@@H](O)[C@@H](N)c1ccc(F)cc1Cl. The molecule has 0 heterocycles. The van der Waals surface area contributed by atoms with Gasteiger partial charge in [-0.25, -0.2) is 4.39 Å². The average molecular weight is 260 g/mol. The van der Waals surface area contributed by atoms with Gasteiger partial charge in [-0.2, -0.15) is 0 Å². The Morgan fingerprint density at radius 3 is 2.53 bits per heavy atom. The van der Waals surface area contributed by atoms with Crippen molar-refractivity contribution in [2.75, 3.05) is 0 Å². The predicted molar refractivity (Wildman–Crippen MR) is 68.4 cm³/mol. The van der Waals surface area contributed by atoms with Crippen LogP contribution in [0.15, 0.2) is 18.2 Å². The van der Waals surface area contributed by atoms with E-state index >= 15 is 0 Å². The Morgan fingerprint density at radius 2 is 2.00 bits per heavy atom. The minimum Gasteiger partial charge on any atom is -0.391 e. The third-order valence-corrected chi connectivity index (χ3v) is 3.10. The molecule has 0 aliphatic carbocycles. The lowest BCUT2D eigenvalue weighted by Crippen LogP contribution is -2.26. The summed E-state index contributed by atoms with van der Waals surface area (Å²) in [5.74, 6) is 0.114. The van der Waals surface area contributed by atoms with Gasteiger partial charge >= 0.3 is 0 Å². The maximum absolute atomic E-state index is 12.9. The first kappa shape index (κ1) is 14.4. The molecule has 0 aliphatic rings. The van der Waals surface area contributed by atoms with Gasteiger partial charge in [-0.1, -0.05) is 31.5 Å². The summed E-state index contributed by atoms with van der Waals surface area (Å²) in [7, 11) is 0. The molecule has 0 amide bonds. The molecule has 0 aromatic heterocycles. The lowest BCUT2D eigenvalue weighted by molar-refractivity contribution is 0.128. The molecule has 96 valence electrons. The zero-order valence-electron chi connectivity index (χ0n) is 10.2. The van der Waals surface area contributed by atoms with E-state index in [0.717, 1.165) is 6.42 Å². The van der Waals surface area contributed by atoms with Gasteiger partial charge in [0.05, 0.1) is 12.1 Å². The second-order valence-electron chi connectivity index (χ2n) is 4.73. The number of rotatable bonds is 5. The van der Waals surface area contributed by atoms with Crippen molar-refractivity contribution < 1.29 is 9.50 Å². The minimum absolute atomic E-state index is 0.265. The Balaban J connectivity index is 2.71. The van der Waals surface area contributed by atoms with Gasteiger partial charge in [0, 0.05) is 5.02 Å². The van der Waals surface area contributed by atoms with Crippen LogP contribution >= 0.6 is 11.6 Å². The molecule has 0 fully saturated rings. The van der Waals surface area contributed by atoms with Crippen molar-refractivity contribution in [1.82, 2.24) is 0 Å². The summed E-state index contributed by atoms with van der Waals surface area (Å²) in [4.78, 5) is 0. The summed E-state index contributed by atoms with van der Waals surface area (Å²) < 4.78 is 12.9. The molecule has 17 heavy (non-hydrogen) atoms. The van der Waals surface area contributed by atoms with Crippen LogP contribution in [0.4, 0.5) is 4.39 Å². The normalized spacial score (nSPS) is 15.0. The fourth-order valence-electron chi connectivity index (χ4n) is 1.66. The molecule has 4 heteroatoms. The molecular weight excluding hydrogens is 241 g/mol. The molecule has 0 unspecified atom stereocenters. The lowest BCUT2D eigenvalue weighted by atomic mass is 9.96. The highest BCUT2D eigenvalue weighted by molar-refractivity contribution is 6.31. The largest absolute Gasteiger partial charge is 0.391 e. The molecule has 0 radical (unpaired) electrons. The highest BCUT2D eigenvalue weighted by Crippen LogP contribution is 2.26. The van der Waals surface area contributed by atoms with Gasteiger partial charge in [0.1, 0.15) is 5.82 Å². The van der Waals surface area contributed by atoms with Crippen LogP contribution in [0.25, 0.3) is 0 Å². The van der Waals surface area contributed by atoms with Crippen molar-refractivity contribution in [3.8, 4) is 0 Å². The number of hydrogen-bond donors (Lipinski definition) is 2. The van der Waals surface area contributed by atoms with Crippen LogP contribution in [0.2, 0.25) is 5.02 Å². The van der Waals surface area contributed by atoms with Crippen LogP contribution in [0.3, 0.4) is 0 Å². The smallest absolute Gasteiger partial charge is 0.124 e. The van der Waals surface area contributed by atoms with Gasteiger partial charge in [-0.15, -0.1) is 0 Å². The molecule has 1 rings (SSSR count). The highest BCUT2D eigenvalue weighted by Gasteiger charge is 2.19. The Hall–Kier alpha value is -0.640. The Labute approximate surface area is 107 Å². The van der Waals surface area contributed by atoms with E-state index in [2.05, 4.69) is 13.8 Å². The number of aliphatic hydroxyl groups excluding tert-OH is 1. The molecule has 1 aromatic carbocycles. The summed E-state index contributed by atoms with van der Waals surface area (Å²) >= 11 is 5.90. The number of halogens is 2. The van der Waals surface area contributed by atoms with E-state index in [0.29, 0.717) is 17.9 Å². The number of aliphatic hydroxyl groups is 1. The van der Waals surface area contributed by atoms with Crippen molar-refractivity contribution in [3.63, 3.8) is 0 Å². The molecule has 1 aromatic rings. The van der Waals surface area contributed by atoms with Crippen molar-refractivity contribution in [2.45, 2.75) is 38.8 Å². The maximum atomic E-state index is 12.9. The van der Waals surface area contributed by atoms with Gasteiger partial charge in [-0.05, 0) is 36.5 Å². The van der Waals surface area contributed by atoms with Gasteiger partial charge in [0.15, 0.2) is 0 Å². The van der Waals surface area contributed by atoms with Gasteiger partial charge in [-0.3, -0.25) is 0 Å². The first-order chi connectivity index (χ1) is 7.91. The van der Waals surface area contributed by atoms with Gasteiger partial charge in [0.25, 0.3) is 0 Å². The third-order valence-electron chi connectivity index (χ3n) is 2.78. The number of benzene rings is 1. The van der Waals surface area contributed by atoms with Crippen molar-refractivity contribution >= 4 is 11.6 Å². The quantitative estimate of drug-likeness (QED) is 0.853. The molecule has 0 saturated heterocycles. The second kappa shape index (κ2) is 6.34. The Kier molecular flexibility index (Phi) is 5.37. The topological polar surface area (TPSA) is 46.2 Å². The van der Waals surface area contributed by atoms with E-state index in [-0.39, 0.29) is 5.02 Å². The van der Waals surface area contributed by atoms with E-state index in [1.807, 2.05) is 0 Å². The van der Waals surface area contributed by atoms with Gasteiger partial charge < -0.3 is 10.8 Å². The molecule has 0 bridgehead atoms. The average Bonchev–Trinajstić information content (AvgIpc) is 2.25. The third kappa shape index (κ3) is 4.26. The summed E-state index contributed by atoms with van der Waals surface area (Å²) in [5, 5.41) is 10.2. The van der Waals surface area contributed by atoms with Crippen molar-refractivity contribution in [1.29, 1.82) is 0 Å². The zero-order valence-corrected chi connectivity index (χ0v) is 10.9. The fraction of sp³-hybridized carbons (Fsp3) is 0.538. The van der Waals surface area contributed by atoms with Crippen LogP contribution in [0.1, 0.15) is 38.3 Å². The van der Waals surface area contributed by atoms with E-state index in [4.69, 9.17) is 17.3 Å². The first-order valence-electron chi connectivity index (χ1n) is 5.80. The lowest BCUT2D eigenvalue weighted by Gasteiger charge is -2.21. The summed E-state index contributed by atoms with van der Waals surface area (Å²) in [6.45, 7) is 4.17. The van der Waals surface area contributed by atoms with E-state index in [1.165, 1.54) is 18.2 Å². The molecule has 0 spiro atoms. The van der Waals surface area contributed by atoms with Crippen LogP contribution in [0.5, 0.6) is 0 Å². The zero-order chi connectivity index (χ0) is 13.0. The molecule has 0 saturated carbocycles. The van der Waals surface area contributed by atoms with E-state index < -0.39 is 18.0 Å². The molecular formula is C13H19ClFNO. The Morgan fingerprint density at radius 1 is 1.35 bits per heavy atom. The second-order valence-corrected chi connectivity index (χ2v) is 5.14. The van der Waals surface area contributed by atoms with Crippen molar-refractivity contribution in [3.05, 3.63) is 34.6 Å². The van der Waals surface area contributed by atoms with Gasteiger partial charge in [0.2, 0.25) is 0 Å². The van der Waals surface area contributed by atoms with Crippen LogP contribution in [-0.2, 0) is 0 Å². The first-order valence-corrected chi connectivity index (χ1v) is 6.18. The number of hydrogen-bond acceptors (Lipinski definition) is 2. The minimum atomic E-state index is -0.652. The molecule has 0 aliphatic heterocycles. The monoisotopic (exact) mass is 259 g/mol. The maximum Gasteiger partial charge on any atom is 0.124 e. The van der Waals surface area contributed by atoms with E-state index in [9.17, 15) is 9.50 Å². The molecule has 3 N–H and O–H groups in total. The van der Waals surface area contributed by atoms with Crippen LogP contribution in [0, 0.1) is 11.7 Å².